The van der Waals surface area contributed by atoms with Crippen molar-refractivity contribution >= 4 is 17.4 Å². The Labute approximate surface area is 100 Å². The fourth-order valence-electron chi connectivity index (χ4n) is 1.13. The van der Waals surface area contributed by atoms with Crippen LogP contribution in [0.3, 0.4) is 0 Å². The maximum absolute atomic E-state index is 11.5. The Bertz CT molecular complexity index is 354. The van der Waals surface area contributed by atoms with E-state index < -0.39 is 0 Å². The van der Waals surface area contributed by atoms with Crippen molar-refractivity contribution in [1.82, 2.24) is 15.6 Å². The molecule has 0 aliphatic rings. The zero-order valence-electron chi connectivity index (χ0n) is 10.3. The van der Waals surface area contributed by atoms with Gasteiger partial charge in [0.1, 0.15) is 5.01 Å². The largest absolute Gasteiger partial charge is 0.334 e. The normalized spacial score (nSPS) is 11.2. The van der Waals surface area contributed by atoms with Crippen LogP contribution in [0.25, 0.3) is 0 Å². The summed E-state index contributed by atoms with van der Waals surface area (Å²) in [5.74, 6) is 0. The lowest BCUT2D eigenvalue weighted by molar-refractivity contribution is 0.231. The molecule has 1 rings (SSSR count). The number of aryl methyl sites for hydroxylation is 1. The topological polar surface area (TPSA) is 54.0 Å². The molecule has 0 radical (unpaired) electrons. The molecule has 1 aromatic heterocycles. The highest BCUT2D eigenvalue weighted by atomic mass is 32.1. The minimum absolute atomic E-state index is 0.152. The lowest BCUT2D eigenvalue weighted by Gasteiger charge is -2.20. The monoisotopic (exact) mass is 241 g/mol. The maximum atomic E-state index is 11.5. The lowest BCUT2D eigenvalue weighted by Crippen LogP contribution is -2.46. The molecule has 0 aromatic carbocycles. The Hall–Kier alpha value is -1.10. The molecule has 0 aliphatic carbocycles. The van der Waals surface area contributed by atoms with Gasteiger partial charge in [0, 0.05) is 16.6 Å². The molecule has 2 amide bonds. The summed E-state index contributed by atoms with van der Waals surface area (Å²) in [6, 6.07) is -0.152. The number of hydrogen-bond acceptors (Lipinski definition) is 3. The van der Waals surface area contributed by atoms with E-state index in [2.05, 4.69) is 22.5 Å². The van der Waals surface area contributed by atoms with E-state index in [9.17, 15) is 4.79 Å². The summed E-state index contributed by atoms with van der Waals surface area (Å²) in [5.41, 5.74) is -0.207. The number of amides is 2. The molecule has 0 aliphatic heterocycles. The Morgan fingerprint density at radius 3 is 2.69 bits per heavy atom. The van der Waals surface area contributed by atoms with Crippen LogP contribution in [0.4, 0.5) is 4.79 Å². The molecule has 2 N–H and O–H groups in total. The third kappa shape index (κ3) is 4.61. The lowest BCUT2D eigenvalue weighted by atomic mass is 10.1. The number of carbonyl (C=O) groups is 1. The predicted octanol–water partition coefficient (Wildman–Crippen LogP) is 2.30. The Balaban J connectivity index is 2.37. The number of urea groups is 1. The molecule has 0 spiro atoms. The van der Waals surface area contributed by atoms with Gasteiger partial charge in [0.25, 0.3) is 0 Å². The van der Waals surface area contributed by atoms with Gasteiger partial charge in [0.15, 0.2) is 0 Å². The predicted molar refractivity (Wildman–Crippen MR) is 66.6 cm³/mol. The zero-order valence-corrected chi connectivity index (χ0v) is 11.1. The van der Waals surface area contributed by atoms with Gasteiger partial charge in [-0.1, -0.05) is 6.92 Å². The van der Waals surface area contributed by atoms with Crippen molar-refractivity contribution in [3.63, 3.8) is 0 Å². The molecular weight excluding hydrogens is 222 g/mol. The summed E-state index contributed by atoms with van der Waals surface area (Å²) in [7, 11) is 0. The minimum atomic E-state index is -0.207. The first-order chi connectivity index (χ1) is 7.40. The summed E-state index contributed by atoms with van der Waals surface area (Å²) >= 11 is 1.64. The number of nitrogens with zero attached hydrogens (tertiary/aromatic N) is 1. The van der Waals surface area contributed by atoms with Gasteiger partial charge in [-0.05, 0) is 27.2 Å². The highest BCUT2D eigenvalue weighted by Gasteiger charge is 2.13. The zero-order chi connectivity index (χ0) is 12.2. The first kappa shape index (κ1) is 13.0. The molecule has 0 atom stereocenters. The van der Waals surface area contributed by atoms with Crippen molar-refractivity contribution in [2.75, 3.05) is 0 Å². The van der Waals surface area contributed by atoms with Crippen molar-refractivity contribution < 1.29 is 4.79 Å². The number of hydrogen-bond donors (Lipinski definition) is 2. The first-order valence-corrected chi connectivity index (χ1v) is 6.22. The van der Waals surface area contributed by atoms with Crippen molar-refractivity contribution in [2.45, 2.75) is 46.2 Å². The molecule has 0 saturated heterocycles. The Kier molecular flexibility index (Phi) is 4.29. The molecule has 5 heteroatoms. The highest BCUT2D eigenvalue weighted by Crippen LogP contribution is 2.12. The van der Waals surface area contributed by atoms with Gasteiger partial charge in [-0.25, -0.2) is 9.78 Å². The third-order valence-electron chi connectivity index (χ3n) is 1.84. The minimum Gasteiger partial charge on any atom is -0.334 e. The summed E-state index contributed by atoms with van der Waals surface area (Å²) in [6.07, 6.45) is 2.86. The van der Waals surface area contributed by atoms with Crippen molar-refractivity contribution in [3.05, 3.63) is 16.1 Å². The molecule has 0 bridgehead atoms. The van der Waals surface area contributed by atoms with Crippen LogP contribution in [0.1, 0.15) is 37.6 Å². The molecule has 4 nitrogen and oxygen atoms in total. The summed E-state index contributed by atoms with van der Waals surface area (Å²) in [4.78, 5) is 16.9. The summed E-state index contributed by atoms with van der Waals surface area (Å²) in [6.45, 7) is 8.44. The standard InChI is InChI=1S/C11H19N3OS/c1-5-8-6-12-9(16-8)7-13-10(15)14-11(2,3)4/h6H,5,7H2,1-4H3,(H2,13,14,15). The van der Waals surface area contributed by atoms with Gasteiger partial charge in [-0.15, -0.1) is 11.3 Å². The second kappa shape index (κ2) is 5.30. The molecular formula is C11H19N3OS. The van der Waals surface area contributed by atoms with Crippen LogP contribution in [0.2, 0.25) is 0 Å². The molecule has 90 valence electrons. The van der Waals surface area contributed by atoms with Crippen LogP contribution >= 0.6 is 11.3 Å². The molecule has 0 fully saturated rings. The number of carbonyl (C=O) groups excluding carboxylic acids is 1. The van der Waals surface area contributed by atoms with E-state index in [0.717, 1.165) is 11.4 Å². The molecule has 0 unspecified atom stereocenters. The average Bonchev–Trinajstić information content (AvgIpc) is 2.59. The van der Waals surface area contributed by atoms with Gasteiger partial charge in [-0.2, -0.15) is 0 Å². The van der Waals surface area contributed by atoms with Crippen LogP contribution in [0.5, 0.6) is 0 Å². The third-order valence-corrected chi connectivity index (χ3v) is 2.98. The fraction of sp³-hybridized carbons (Fsp3) is 0.636. The van der Waals surface area contributed by atoms with Gasteiger partial charge < -0.3 is 10.6 Å². The number of nitrogens with one attached hydrogen (secondary N) is 2. The summed E-state index contributed by atoms with van der Waals surface area (Å²) in [5, 5.41) is 6.57. The Morgan fingerprint density at radius 1 is 1.50 bits per heavy atom. The van der Waals surface area contributed by atoms with Crippen LogP contribution in [0.15, 0.2) is 6.20 Å². The SMILES string of the molecule is CCc1cnc(CNC(=O)NC(C)(C)C)s1. The fourth-order valence-corrected chi connectivity index (χ4v) is 1.94. The second-order valence-electron chi connectivity index (χ2n) is 4.63. The average molecular weight is 241 g/mol. The van der Waals surface area contributed by atoms with Gasteiger partial charge in [0.05, 0.1) is 6.54 Å². The molecule has 0 saturated carbocycles. The molecule has 16 heavy (non-hydrogen) atoms. The van der Waals surface area contributed by atoms with E-state index in [-0.39, 0.29) is 11.6 Å². The van der Waals surface area contributed by atoms with Crippen molar-refractivity contribution in [2.24, 2.45) is 0 Å². The van der Waals surface area contributed by atoms with Crippen molar-refractivity contribution in [1.29, 1.82) is 0 Å². The first-order valence-electron chi connectivity index (χ1n) is 5.40. The van der Waals surface area contributed by atoms with Gasteiger partial charge >= 0.3 is 6.03 Å². The van der Waals surface area contributed by atoms with E-state index in [0.29, 0.717) is 6.54 Å². The Morgan fingerprint density at radius 2 is 2.19 bits per heavy atom. The van der Waals surface area contributed by atoms with Crippen LogP contribution in [-0.4, -0.2) is 16.6 Å². The maximum Gasteiger partial charge on any atom is 0.315 e. The smallest absolute Gasteiger partial charge is 0.315 e. The quantitative estimate of drug-likeness (QED) is 0.853. The van der Waals surface area contributed by atoms with Gasteiger partial charge in [-0.3, -0.25) is 0 Å². The van der Waals surface area contributed by atoms with E-state index >= 15 is 0 Å². The molecule has 1 aromatic rings. The van der Waals surface area contributed by atoms with Crippen LogP contribution < -0.4 is 10.6 Å². The highest BCUT2D eigenvalue weighted by molar-refractivity contribution is 7.11. The van der Waals surface area contributed by atoms with Gasteiger partial charge in [0.2, 0.25) is 0 Å². The summed E-state index contributed by atoms with van der Waals surface area (Å²) < 4.78 is 0. The molecule has 1 heterocycles. The van der Waals surface area contributed by atoms with E-state index in [1.54, 1.807) is 11.3 Å². The second-order valence-corrected chi connectivity index (χ2v) is 5.83. The number of rotatable bonds is 3. The van der Waals surface area contributed by atoms with Crippen LogP contribution in [0, 0.1) is 0 Å². The van der Waals surface area contributed by atoms with E-state index in [1.165, 1.54) is 4.88 Å². The van der Waals surface area contributed by atoms with E-state index in [4.69, 9.17) is 0 Å². The number of thiazole rings is 1. The van der Waals surface area contributed by atoms with E-state index in [1.807, 2.05) is 27.0 Å². The number of aromatic nitrogens is 1. The van der Waals surface area contributed by atoms with Crippen LogP contribution in [-0.2, 0) is 13.0 Å². The van der Waals surface area contributed by atoms with Crippen molar-refractivity contribution in [3.8, 4) is 0 Å².